The van der Waals surface area contributed by atoms with E-state index in [1.54, 1.807) is 6.07 Å². The van der Waals surface area contributed by atoms with Crippen molar-refractivity contribution in [1.82, 2.24) is 4.98 Å². The molecule has 0 saturated carbocycles. The summed E-state index contributed by atoms with van der Waals surface area (Å²) in [6, 6.07) is 2.97. The van der Waals surface area contributed by atoms with Gasteiger partial charge in [-0.1, -0.05) is 5.92 Å². The van der Waals surface area contributed by atoms with Crippen molar-refractivity contribution < 1.29 is 14.7 Å². The Hall–Kier alpha value is -2.55. The van der Waals surface area contributed by atoms with E-state index in [2.05, 4.69) is 10.9 Å². The molecule has 0 fully saturated rings. The van der Waals surface area contributed by atoms with E-state index in [-0.39, 0.29) is 18.8 Å². The van der Waals surface area contributed by atoms with Crippen molar-refractivity contribution in [2.75, 3.05) is 18.0 Å². The molecule has 0 spiro atoms. The molecule has 17 heavy (non-hydrogen) atoms. The smallest absolute Gasteiger partial charge is 0.323 e. The summed E-state index contributed by atoms with van der Waals surface area (Å²) in [4.78, 5) is 26.8. The molecule has 6 nitrogen and oxygen atoms in total. The van der Waals surface area contributed by atoms with Crippen molar-refractivity contribution in [1.29, 1.82) is 0 Å². The number of aliphatic carboxylic acids is 1. The van der Waals surface area contributed by atoms with Gasteiger partial charge in [-0.2, -0.15) is 0 Å². The van der Waals surface area contributed by atoms with Crippen LogP contribution in [-0.4, -0.2) is 35.1 Å². The number of nitrogens with zero attached hydrogens (tertiary/aromatic N) is 2. The molecule has 0 atom stereocenters. The normalized spacial score (nSPS) is 9.35. The molecule has 1 rings (SSSR count). The monoisotopic (exact) mass is 233 g/mol. The molecule has 6 heteroatoms. The van der Waals surface area contributed by atoms with Crippen LogP contribution in [0, 0.1) is 12.3 Å². The number of hydrogen-bond donors (Lipinski definition) is 2. The number of nitrogens with two attached hydrogens (primary N) is 1. The van der Waals surface area contributed by atoms with Gasteiger partial charge in [0.1, 0.15) is 12.2 Å². The van der Waals surface area contributed by atoms with Crippen molar-refractivity contribution in [2.45, 2.75) is 0 Å². The SMILES string of the molecule is C#CCN(CC(=O)O)c1ccnc(C(N)=O)c1. The van der Waals surface area contributed by atoms with Crippen LogP contribution >= 0.6 is 0 Å². The van der Waals surface area contributed by atoms with Gasteiger partial charge in [0.2, 0.25) is 0 Å². The molecule has 1 aromatic rings. The molecule has 0 aromatic carbocycles. The fourth-order valence-corrected chi connectivity index (χ4v) is 1.26. The first-order valence-corrected chi connectivity index (χ1v) is 4.70. The summed E-state index contributed by atoms with van der Waals surface area (Å²) in [6.07, 6.45) is 6.52. The van der Waals surface area contributed by atoms with Gasteiger partial charge in [-0.25, -0.2) is 0 Å². The van der Waals surface area contributed by atoms with Gasteiger partial charge in [-0.15, -0.1) is 6.42 Å². The first-order chi connectivity index (χ1) is 8.04. The molecule has 0 unspecified atom stereocenters. The standard InChI is InChI=1S/C11H11N3O3/c1-2-5-14(7-10(15)16)8-3-4-13-9(6-8)11(12)17/h1,3-4,6H,5,7H2,(H2,12,17)(H,15,16). The van der Waals surface area contributed by atoms with E-state index in [1.165, 1.54) is 17.2 Å². The summed E-state index contributed by atoms with van der Waals surface area (Å²) in [5.74, 6) is 0.652. The number of aromatic nitrogens is 1. The van der Waals surface area contributed by atoms with Crippen molar-refractivity contribution in [3.8, 4) is 12.3 Å². The summed E-state index contributed by atoms with van der Waals surface area (Å²) >= 11 is 0. The number of pyridine rings is 1. The first-order valence-electron chi connectivity index (χ1n) is 4.70. The number of terminal acetylenes is 1. The van der Waals surface area contributed by atoms with Crippen molar-refractivity contribution in [2.24, 2.45) is 5.73 Å². The quantitative estimate of drug-likeness (QED) is 0.681. The summed E-state index contributed by atoms with van der Waals surface area (Å²) in [5.41, 5.74) is 5.64. The van der Waals surface area contributed by atoms with Crippen LogP contribution in [-0.2, 0) is 4.79 Å². The zero-order chi connectivity index (χ0) is 12.8. The Morgan fingerprint density at radius 3 is 2.82 bits per heavy atom. The lowest BCUT2D eigenvalue weighted by Gasteiger charge is -2.20. The zero-order valence-corrected chi connectivity index (χ0v) is 8.96. The third kappa shape index (κ3) is 3.50. The third-order valence-corrected chi connectivity index (χ3v) is 1.97. The minimum absolute atomic E-state index is 0.0647. The largest absolute Gasteiger partial charge is 0.480 e. The summed E-state index contributed by atoms with van der Waals surface area (Å²) in [6.45, 7) is -0.138. The van der Waals surface area contributed by atoms with E-state index in [1.807, 2.05) is 0 Å². The lowest BCUT2D eigenvalue weighted by molar-refractivity contribution is -0.135. The van der Waals surface area contributed by atoms with Crippen LogP contribution in [0.25, 0.3) is 0 Å². The van der Waals surface area contributed by atoms with Gasteiger partial charge < -0.3 is 15.7 Å². The Bertz CT molecular complexity index is 479. The molecule has 0 aliphatic carbocycles. The van der Waals surface area contributed by atoms with E-state index in [4.69, 9.17) is 17.3 Å². The summed E-state index contributed by atoms with van der Waals surface area (Å²) < 4.78 is 0. The maximum atomic E-state index is 10.9. The molecular formula is C11H11N3O3. The minimum atomic E-state index is -1.02. The predicted octanol–water partition coefficient (Wildman–Crippen LogP) is -0.295. The average Bonchev–Trinajstić information content (AvgIpc) is 2.28. The fraction of sp³-hybridized carbons (Fsp3) is 0.182. The average molecular weight is 233 g/mol. The van der Waals surface area contributed by atoms with Gasteiger partial charge in [0.15, 0.2) is 0 Å². The molecule has 0 aliphatic heterocycles. The van der Waals surface area contributed by atoms with Crippen LogP contribution in [0.4, 0.5) is 5.69 Å². The number of amides is 1. The van der Waals surface area contributed by atoms with Crippen molar-refractivity contribution in [3.63, 3.8) is 0 Å². The number of carboxylic acids is 1. The number of primary amides is 1. The second-order valence-corrected chi connectivity index (χ2v) is 3.22. The summed E-state index contributed by atoms with van der Waals surface area (Å²) in [5, 5.41) is 8.73. The van der Waals surface area contributed by atoms with E-state index in [0.29, 0.717) is 5.69 Å². The van der Waals surface area contributed by atoms with E-state index in [0.717, 1.165) is 0 Å². The van der Waals surface area contributed by atoms with Crippen LogP contribution in [0.2, 0.25) is 0 Å². The molecule has 3 N–H and O–H groups in total. The molecule has 1 aromatic heterocycles. The highest BCUT2D eigenvalue weighted by Crippen LogP contribution is 2.13. The van der Waals surface area contributed by atoms with Crippen LogP contribution in [0.5, 0.6) is 0 Å². The Balaban J connectivity index is 3.01. The highest BCUT2D eigenvalue weighted by Gasteiger charge is 2.11. The Labute approximate surface area is 98.1 Å². The fourth-order valence-electron chi connectivity index (χ4n) is 1.26. The van der Waals surface area contributed by atoms with E-state index in [9.17, 15) is 9.59 Å². The minimum Gasteiger partial charge on any atom is -0.480 e. The van der Waals surface area contributed by atoms with Crippen LogP contribution in [0.15, 0.2) is 18.3 Å². The molecule has 0 radical (unpaired) electrons. The second kappa shape index (κ2) is 5.51. The third-order valence-electron chi connectivity index (χ3n) is 1.97. The maximum Gasteiger partial charge on any atom is 0.323 e. The number of hydrogen-bond acceptors (Lipinski definition) is 4. The molecule has 88 valence electrons. The van der Waals surface area contributed by atoms with Crippen molar-refractivity contribution >= 4 is 17.6 Å². The highest BCUT2D eigenvalue weighted by atomic mass is 16.4. The van der Waals surface area contributed by atoms with Gasteiger partial charge in [0.25, 0.3) is 5.91 Å². The Morgan fingerprint density at radius 1 is 1.59 bits per heavy atom. The number of anilines is 1. The predicted molar refractivity (Wildman–Crippen MR) is 61.4 cm³/mol. The van der Waals surface area contributed by atoms with E-state index < -0.39 is 11.9 Å². The van der Waals surface area contributed by atoms with Gasteiger partial charge in [0, 0.05) is 11.9 Å². The molecule has 0 aliphatic rings. The molecule has 0 saturated heterocycles. The number of carboxylic acid groups (broad SMARTS) is 1. The zero-order valence-electron chi connectivity index (χ0n) is 8.96. The van der Waals surface area contributed by atoms with Crippen LogP contribution < -0.4 is 10.6 Å². The molecule has 1 amide bonds. The first kappa shape index (κ1) is 12.5. The molecule has 0 bridgehead atoms. The number of rotatable bonds is 5. The molecule has 1 heterocycles. The maximum absolute atomic E-state index is 10.9. The van der Waals surface area contributed by atoms with Gasteiger partial charge in [0.05, 0.1) is 6.54 Å². The summed E-state index contributed by atoms with van der Waals surface area (Å²) in [7, 11) is 0. The number of carbonyl (C=O) groups is 2. The number of carbonyl (C=O) groups excluding carboxylic acids is 1. The van der Waals surface area contributed by atoms with Crippen molar-refractivity contribution in [3.05, 3.63) is 24.0 Å². The molecular weight excluding hydrogens is 222 g/mol. The van der Waals surface area contributed by atoms with Gasteiger partial charge in [-0.3, -0.25) is 14.6 Å². The second-order valence-electron chi connectivity index (χ2n) is 3.22. The lowest BCUT2D eigenvalue weighted by Crippen LogP contribution is -2.30. The van der Waals surface area contributed by atoms with Gasteiger partial charge in [-0.05, 0) is 12.1 Å². The van der Waals surface area contributed by atoms with Gasteiger partial charge >= 0.3 is 5.97 Å². The Kier molecular flexibility index (Phi) is 4.06. The highest BCUT2D eigenvalue weighted by molar-refractivity contribution is 5.91. The van der Waals surface area contributed by atoms with E-state index >= 15 is 0 Å². The van der Waals surface area contributed by atoms with Crippen LogP contribution in [0.1, 0.15) is 10.5 Å². The van der Waals surface area contributed by atoms with Crippen LogP contribution in [0.3, 0.4) is 0 Å². The lowest BCUT2D eigenvalue weighted by atomic mass is 10.2. The topological polar surface area (TPSA) is 96.5 Å². The Morgan fingerprint density at radius 2 is 2.29 bits per heavy atom.